The predicted molar refractivity (Wildman–Crippen MR) is 113 cm³/mol. The summed E-state index contributed by atoms with van der Waals surface area (Å²) in [6, 6.07) is 15.2. The number of anilines is 1. The summed E-state index contributed by atoms with van der Waals surface area (Å²) in [5.74, 6) is -0.0169. The van der Waals surface area contributed by atoms with Crippen molar-refractivity contribution in [2.75, 3.05) is 11.9 Å². The Morgan fingerprint density at radius 1 is 1.13 bits per heavy atom. The molecule has 8 heteroatoms. The fourth-order valence-corrected chi connectivity index (χ4v) is 3.11. The van der Waals surface area contributed by atoms with Crippen LogP contribution in [0.4, 0.5) is 10.3 Å². The van der Waals surface area contributed by atoms with Crippen molar-refractivity contribution < 1.29 is 18.4 Å². The van der Waals surface area contributed by atoms with Crippen molar-refractivity contribution in [3.8, 4) is 28.3 Å². The number of ether oxygens (including phenoxy) is 1. The average molecular weight is 418 g/mol. The summed E-state index contributed by atoms with van der Waals surface area (Å²) in [6.45, 7) is 2.47. The van der Waals surface area contributed by atoms with Crippen LogP contribution in [-0.4, -0.2) is 27.6 Å². The van der Waals surface area contributed by atoms with Gasteiger partial charge in [0.15, 0.2) is 0 Å². The molecule has 0 fully saturated rings. The molecule has 2 heterocycles. The van der Waals surface area contributed by atoms with Gasteiger partial charge in [0.05, 0.1) is 24.3 Å². The number of rotatable bonds is 7. The minimum atomic E-state index is -0.443. The van der Waals surface area contributed by atoms with Crippen molar-refractivity contribution in [1.82, 2.24) is 15.1 Å². The molecular weight excluding hydrogens is 399 g/mol. The first kappa shape index (κ1) is 20.2. The number of aromatic nitrogens is 3. The molecule has 0 bridgehead atoms. The Labute approximate surface area is 177 Å². The Hall–Kier alpha value is -4.07. The SMILES string of the molecule is CCOc1ccc(-c2noc(NC(=O)Cc3ccccc3F)c2-c2ccncn2)cc1. The molecule has 2 aromatic carbocycles. The smallest absolute Gasteiger partial charge is 0.241 e. The van der Waals surface area contributed by atoms with Gasteiger partial charge in [-0.2, -0.15) is 0 Å². The number of hydrogen-bond donors (Lipinski definition) is 1. The van der Waals surface area contributed by atoms with Crippen LogP contribution in [0.25, 0.3) is 22.5 Å². The highest BCUT2D eigenvalue weighted by Crippen LogP contribution is 2.37. The van der Waals surface area contributed by atoms with Gasteiger partial charge in [-0.25, -0.2) is 14.4 Å². The maximum Gasteiger partial charge on any atom is 0.241 e. The van der Waals surface area contributed by atoms with Gasteiger partial charge >= 0.3 is 0 Å². The predicted octanol–water partition coefficient (Wildman–Crippen LogP) is 4.52. The summed E-state index contributed by atoms with van der Waals surface area (Å²) in [7, 11) is 0. The van der Waals surface area contributed by atoms with Gasteiger partial charge in [0, 0.05) is 11.8 Å². The third kappa shape index (κ3) is 4.58. The highest BCUT2D eigenvalue weighted by Gasteiger charge is 2.22. The summed E-state index contributed by atoms with van der Waals surface area (Å²) < 4.78 is 24.8. The topological polar surface area (TPSA) is 90.1 Å². The Bertz CT molecular complexity index is 1180. The quantitative estimate of drug-likeness (QED) is 0.475. The van der Waals surface area contributed by atoms with Crippen molar-refractivity contribution >= 4 is 11.8 Å². The summed E-state index contributed by atoms with van der Waals surface area (Å²) in [6.07, 6.45) is 2.84. The number of nitrogens with zero attached hydrogens (tertiary/aromatic N) is 3. The maximum atomic E-state index is 13.9. The van der Waals surface area contributed by atoms with E-state index < -0.39 is 11.7 Å². The molecule has 31 heavy (non-hydrogen) atoms. The normalized spacial score (nSPS) is 10.6. The zero-order valence-corrected chi connectivity index (χ0v) is 16.7. The average Bonchev–Trinajstić information content (AvgIpc) is 3.20. The second-order valence-electron chi connectivity index (χ2n) is 6.60. The highest BCUT2D eigenvalue weighted by molar-refractivity contribution is 5.97. The van der Waals surface area contributed by atoms with Crippen LogP contribution in [0.5, 0.6) is 5.75 Å². The minimum absolute atomic E-state index is 0.129. The Morgan fingerprint density at radius 2 is 1.94 bits per heavy atom. The van der Waals surface area contributed by atoms with Gasteiger partial charge in [0.2, 0.25) is 11.8 Å². The van der Waals surface area contributed by atoms with Crippen molar-refractivity contribution in [1.29, 1.82) is 0 Å². The Balaban J connectivity index is 1.67. The fraction of sp³-hybridized carbons (Fsp3) is 0.130. The lowest BCUT2D eigenvalue weighted by Crippen LogP contribution is -2.15. The second-order valence-corrected chi connectivity index (χ2v) is 6.60. The highest BCUT2D eigenvalue weighted by atomic mass is 19.1. The van der Waals surface area contributed by atoms with Gasteiger partial charge in [-0.1, -0.05) is 23.4 Å². The largest absolute Gasteiger partial charge is 0.494 e. The molecule has 0 saturated heterocycles. The van der Waals surface area contributed by atoms with E-state index in [2.05, 4.69) is 20.4 Å². The van der Waals surface area contributed by atoms with Gasteiger partial charge in [-0.3, -0.25) is 10.1 Å². The minimum Gasteiger partial charge on any atom is -0.494 e. The van der Waals surface area contributed by atoms with Gasteiger partial charge in [-0.05, 0) is 48.9 Å². The molecule has 0 unspecified atom stereocenters. The van der Waals surface area contributed by atoms with Crippen LogP contribution in [0, 0.1) is 5.82 Å². The zero-order chi connectivity index (χ0) is 21.6. The van der Waals surface area contributed by atoms with Gasteiger partial charge in [-0.15, -0.1) is 0 Å². The lowest BCUT2D eigenvalue weighted by molar-refractivity contribution is -0.115. The molecular formula is C23H19FN4O3. The number of hydrogen-bond acceptors (Lipinski definition) is 6. The van der Waals surface area contributed by atoms with E-state index in [0.29, 0.717) is 23.6 Å². The molecule has 0 aliphatic rings. The van der Waals surface area contributed by atoms with E-state index >= 15 is 0 Å². The van der Waals surface area contributed by atoms with Gasteiger partial charge in [0.25, 0.3) is 0 Å². The first-order valence-corrected chi connectivity index (χ1v) is 9.68. The maximum absolute atomic E-state index is 13.9. The molecule has 4 aromatic rings. The van der Waals surface area contributed by atoms with Crippen LogP contribution >= 0.6 is 0 Å². The third-order valence-corrected chi connectivity index (χ3v) is 4.53. The monoisotopic (exact) mass is 418 g/mol. The first-order valence-electron chi connectivity index (χ1n) is 9.68. The Morgan fingerprint density at radius 3 is 2.65 bits per heavy atom. The summed E-state index contributed by atoms with van der Waals surface area (Å²) in [5, 5.41) is 6.84. The third-order valence-electron chi connectivity index (χ3n) is 4.53. The molecule has 0 spiro atoms. The van der Waals surface area contributed by atoms with Crippen molar-refractivity contribution in [2.45, 2.75) is 13.3 Å². The molecule has 156 valence electrons. The molecule has 0 saturated carbocycles. The molecule has 2 aromatic heterocycles. The lowest BCUT2D eigenvalue weighted by atomic mass is 10.0. The molecule has 0 aliphatic carbocycles. The van der Waals surface area contributed by atoms with Crippen LogP contribution in [0.3, 0.4) is 0 Å². The molecule has 7 nitrogen and oxygen atoms in total. The molecule has 0 atom stereocenters. The number of carbonyl (C=O) groups excluding carboxylic acids is 1. The zero-order valence-electron chi connectivity index (χ0n) is 16.7. The Kier molecular flexibility index (Phi) is 5.98. The van der Waals surface area contributed by atoms with Crippen molar-refractivity contribution in [3.05, 3.63) is 78.5 Å². The van der Waals surface area contributed by atoms with Crippen LogP contribution in [0.2, 0.25) is 0 Å². The van der Waals surface area contributed by atoms with E-state index in [1.165, 1.54) is 12.4 Å². The van der Waals surface area contributed by atoms with Gasteiger partial charge in [0.1, 0.15) is 23.6 Å². The van der Waals surface area contributed by atoms with E-state index in [0.717, 1.165) is 11.3 Å². The molecule has 4 rings (SSSR count). The number of halogens is 1. The van der Waals surface area contributed by atoms with Crippen LogP contribution in [-0.2, 0) is 11.2 Å². The number of amides is 1. The fourth-order valence-electron chi connectivity index (χ4n) is 3.11. The second kappa shape index (κ2) is 9.17. The van der Waals surface area contributed by atoms with Crippen molar-refractivity contribution in [2.24, 2.45) is 0 Å². The molecule has 1 amide bonds. The molecule has 0 aliphatic heterocycles. The summed E-state index contributed by atoms with van der Waals surface area (Å²) in [5.41, 5.74) is 2.59. The number of carbonyl (C=O) groups is 1. The van der Waals surface area contributed by atoms with E-state index in [1.807, 2.05) is 31.2 Å². The summed E-state index contributed by atoms with van der Waals surface area (Å²) >= 11 is 0. The van der Waals surface area contributed by atoms with Crippen LogP contribution in [0.15, 0.2) is 71.6 Å². The summed E-state index contributed by atoms with van der Waals surface area (Å²) in [4.78, 5) is 20.8. The lowest BCUT2D eigenvalue weighted by Gasteiger charge is -2.07. The van der Waals surface area contributed by atoms with E-state index in [-0.39, 0.29) is 17.9 Å². The first-order chi connectivity index (χ1) is 15.2. The standard InChI is InChI=1S/C23H19FN4O3/c1-2-30-17-9-7-15(8-10-17)22-21(19-11-12-25-14-26-19)23(31-28-22)27-20(29)13-16-5-3-4-6-18(16)24/h3-12,14H,2,13H2,1H3,(H,27,29). The molecule has 0 radical (unpaired) electrons. The van der Waals surface area contributed by atoms with E-state index in [1.54, 1.807) is 30.5 Å². The molecule has 1 N–H and O–H groups in total. The number of benzene rings is 2. The van der Waals surface area contributed by atoms with Crippen LogP contribution in [0.1, 0.15) is 12.5 Å². The van der Waals surface area contributed by atoms with E-state index in [4.69, 9.17) is 9.26 Å². The van der Waals surface area contributed by atoms with Crippen molar-refractivity contribution in [3.63, 3.8) is 0 Å². The van der Waals surface area contributed by atoms with Gasteiger partial charge < -0.3 is 9.26 Å². The van der Waals surface area contributed by atoms with Crippen LogP contribution < -0.4 is 10.1 Å². The van der Waals surface area contributed by atoms with E-state index in [9.17, 15) is 9.18 Å². The number of nitrogens with one attached hydrogen (secondary N) is 1.